The van der Waals surface area contributed by atoms with Gasteiger partial charge in [0.2, 0.25) is 5.91 Å². The van der Waals surface area contributed by atoms with Crippen LogP contribution in [0.4, 0.5) is 0 Å². The maximum Gasteiger partial charge on any atom is 0.248 e. The molecule has 1 aromatic carbocycles. The second kappa shape index (κ2) is 10.9. The SMILES string of the molecule is CCSOSCC.NC(=O)c1ccccc1. The first-order chi connectivity index (χ1) is 7.72. The van der Waals surface area contributed by atoms with Gasteiger partial charge in [-0.1, -0.05) is 32.0 Å². The molecule has 0 radical (unpaired) electrons. The Kier molecular flexibility index (Phi) is 10.4. The normalized spacial score (nSPS) is 9.12. The molecule has 90 valence electrons. The Balaban J connectivity index is 0.000000293. The molecule has 16 heavy (non-hydrogen) atoms. The first-order valence-electron chi connectivity index (χ1n) is 4.98. The summed E-state index contributed by atoms with van der Waals surface area (Å²) in [5.41, 5.74) is 5.53. The Hall–Kier alpha value is -0.650. The molecule has 0 unspecified atom stereocenters. The number of carbonyl (C=O) groups is 1. The van der Waals surface area contributed by atoms with E-state index in [2.05, 4.69) is 13.8 Å². The van der Waals surface area contributed by atoms with Crippen molar-refractivity contribution in [2.24, 2.45) is 5.73 Å². The van der Waals surface area contributed by atoms with E-state index in [4.69, 9.17) is 9.36 Å². The lowest BCUT2D eigenvalue weighted by molar-refractivity contribution is 0.100. The van der Waals surface area contributed by atoms with Crippen molar-refractivity contribution >= 4 is 30.0 Å². The summed E-state index contributed by atoms with van der Waals surface area (Å²) in [5, 5.41) is 0. The van der Waals surface area contributed by atoms with Crippen LogP contribution in [0.25, 0.3) is 0 Å². The van der Waals surface area contributed by atoms with E-state index in [0.29, 0.717) is 5.56 Å². The largest absolute Gasteiger partial charge is 0.366 e. The Morgan fingerprint density at radius 3 is 2.00 bits per heavy atom. The van der Waals surface area contributed by atoms with Crippen LogP contribution >= 0.6 is 24.1 Å². The van der Waals surface area contributed by atoms with Crippen LogP contribution in [0.1, 0.15) is 24.2 Å². The number of hydrogen-bond donors (Lipinski definition) is 1. The van der Waals surface area contributed by atoms with Crippen LogP contribution in [-0.2, 0) is 3.63 Å². The number of amides is 1. The summed E-state index contributed by atoms with van der Waals surface area (Å²) in [4.78, 5) is 10.4. The summed E-state index contributed by atoms with van der Waals surface area (Å²) in [5.74, 6) is 1.69. The maximum absolute atomic E-state index is 10.4. The van der Waals surface area contributed by atoms with Crippen LogP contribution in [0.15, 0.2) is 30.3 Å². The molecule has 0 aliphatic heterocycles. The van der Waals surface area contributed by atoms with Gasteiger partial charge in [0, 0.05) is 41.2 Å². The molecule has 0 atom stereocenters. The Bertz CT molecular complexity index is 277. The molecule has 0 bridgehead atoms. The van der Waals surface area contributed by atoms with E-state index < -0.39 is 0 Å². The highest BCUT2D eigenvalue weighted by Gasteiger charge is 1.93. The molecule has 0 aliphatic rings. The van der Waals surface area contributed by atoms with Crippen molar-refractivity contribution < 1.29 is 8.42 Å². The van der Waals surface area contributed by atoms with Crippen LogP contribution in [0, 0.1) is 0 Å². The average molecular weight is 259 g/mol. The molecule has 0 saturated carbocycles. The standard InChI is InChI=1S/C7H7NO.C4H10OS2/c8-7(9)6-4-2-1-3-5-6;1-3-6-5-7-4-2/h1-5H,(H2,8,9);3-4H2,1-2H3. The van der Waals surface area contributed by atoms with Crippen molar-refractivity contribution in [3.8, 4) is 0 Å². The monoisotopic (exact) mass is 259 g/mol. The van der Waals surface area contributed by atoms with Gasteiger partial charge < -0.3 is 5.73 Å². The molecular weight excluding hydrogens is 242 g/mol. The summed E-state index contributed by atoms with van der Waals surface area (Å²) in [6, 6.07) is 8.76. The van der Waals surface area contributed by atoms with Gasteiger partial charge in [0.25, 0.3) is 0 Å². The zero-order valence-corrected chi connectivity index (χ0v) is 11.1. The molecule has 0 aromatic heterocycles. The Morgan fingerprint density at radius 2 is 1.69 bits per heavy atom. The first kappa shape index (κ1) is 15.3. The van der Waals surface area contributed by atoms with Crippen molar-refractivity contribution in [3.63, 3.8) is 0 Å². The summed E-state index contributed by atoms with van der Waals surface area (Å²) in [7, 11) is 0. The topological polar surface area (TPSA) is 52.3 Å². The summed E-state index contributed by atoms with van der Waals surface area (Å²) < 4.78 is 4.97. The minimum atomic E-state index is -0.379. The number of primary amides is 1. The molecule has 0 fully saturated rings. The predicted octanol–water partition coefficient (Wildman–Crippen LogP) is 3.12. The van der Waals surface area contributed by atoms with Crippen LogP contribution in [0.3, 0.4) is 0 Å². The molecule has 3 nitrogen and oxygen atoms in total. The summed E-state index contributed by atoms with van der Waals surface area (Å²) >= 11 is 2.99. The van der Waals surface area contributed by atoms with E-state index in [0.717, 1.165) is 11.5 Å². The molecule has 1 amide bonds. The highest BCUT2D eigenvalue weighted by molar-refractivity contribution is 8.07. The van der Waals surface area contributed by atoms with E-state index in [1.165, 1.54) is 24.1 Å². The van der Waals surface area contributed by atoms with Crippen LogP contribution in [0.2, 0.25) is 0 Å². The molecule has 2 N–H and O–H groups in total. The number of benzene rings is 1. The molecule has 0 saturated heterocycles. The predicted molar refractivity (Wildman–Crippen MR) is 72.3 cm³/mol. The summed E-state index contributed by atoms with van der Waals surface area (Å²) in [6.07, 6.45) is 0. The minimum Gasteiger partial charge on any atom is -0.366 e. The first-order valence-corrected chi connectivity index (χ1v) is 6.80. The van der Waals surface area contributed by atoms with Gasteiger partial charge in [-0.3, -0.25) is 4.79 Å². The third-order valence-electron chi connectivity index (χ3n) is 1.39. The van der Waals surface area contributed by atoms with Gasteiger partial charge in [-0.15, -0.1) is 0 Å². The molecule has 0 heterocycles. The second-order valence-electron chi connectivity index (χ2n) is 2.61. The quantitative estimate of drug-likeness (QED) is 0.652. The Morgan fingerprint density at radius 1 is 1.19 bits per heavy atom. The van der Waals surface area contributed by atoms with Crippen LogP contribution in [-0.4, -0.2) is 17.4 Å². The number of hydrogen-bond acceptors (Lipinski definition) is 4. The van der Waals surface area contributed by atoms with E-state index in [1.54, 1.807) is 24.3 Å². The smallest absolute Gasteiger partial charge is 0.248 e. The van der Waals surface area contributed by atoms with Gasteiger partial charge in [0.15, 0.2) is 0 Å². The van der Waals surface area contributed by atoms with Crippen molar-refractivity contribution in [3.05, 3.63) is 35.9 Å². The van der Waals surface area contributed by atoms with Crippen molar-refractivity contribution in [2.45, 2.75) is 13.8 Å². The Labute approximate surface area is 106 Å². The van der Waals surface area contributed by atoms with Gasteiger partial charge in [-0.05, 0) is 12.1 Å². The molecule has 1 aromatic rings. The zero-order chi connectivity index (χ0) is 12.2. The molecule has 5 heteroatoms. The van der Waals surface area contributed by atoms with Crippen molar-refractivity contribution in [1.82, 2.24) is 0 Å². The highest BCUT2D eigenvalue weighted by atomic mass is 32.2. The number of rotatable bonds is 5. The van der Waals surface area contributed by atoms with Gasteiger partial charge in [0.1, 0.15) is 0 Å². The van der Waals surface area contributed by atoms with E-state index >= 15 is 0 Å². The lowest BCUT2D eigenvalue weighted by atomic mass is 10.2. The van der Waals surface area contributed by atoms with Gasteiger partial charge in [-0.2, -0.15) is 0 Å². The average Bonchev–Trinajstić information content (AvgIpc) is 2.32. The molecular formula is C11H17NO2S2. The maximum atomic E-state index is 10.4. The third kappa shape index (κ3) is 8.64. The fourth-order valence-corrected chi connectivity index (χ4v) is 1.77. The molecule has 1 rings (SSSR count). The van der Waals surface area contributed by atoms with Crippen molar-refractivity contribution in [2.75, 3.05) is 11.5 Å². The van der Waals surface area contributed by atoms with Gasteiger partial charge in [0.05, 0.1) is 0 Å². The van der Waals surface area contributed by atoms with E-state index in [1.807, 2.05) is 6.07 Å². The number of nitrogens with two attached hydrogens (primary N) is 1. The fraction of sp³-hybridized carbons (Fsp3) is 0.364. The lowest BCUT2D eigenvalue weighted by Gasteiger charge is -1.91. The zero-order valence-electron chi connectivity index (χ0n) is 9.51. The third-order valence-corrected chi connectivity index (χ3v) is 2.63. The minimum absolute atomic E-state index is 0.379. The van der Waals surface area contributed by atoms with Crippen LogP contribution < -0.4 is 5.73 Å². The second-order valence-corrected chi connectivity index (χ2v) is 4.78. The van der Waals surface area contributed by atoms with E-state index in [9.17, 15) is 4.79 Å². The lowest BCUT2D eigenvalue weighted by Crippen LogP contribution is -2.09. The van der Waals surface area contributed by atoms with Gasteiger partial charge >= 0.3 is 0 Å². The fourth-order valence-electron chi connectivity index (χ4n) is 0.733. The number of carbonyl (C=O) groups excluding carboxylic acids is 1. The van der Waals surface area contributed by atoms with E-state index in [-0.39, 0.29) is 5.91 Å². The highest BCUT2D eigenvalue weighted by Crippen LogP contribution is 2.12. The molecule has 0 spiro atoms. The van der Waals surface area contributed by atoms with Gasteiger partial charge in [-0.25, -0.2) is 3.63 Å². The molecule has 0 aliphatic carbocycles. The van der Waals surface area contributed by atoms with Crippen molar-refractivity contribution in [1.29, 1.82) is 0 Å². The summed E-state index contributed by atoms with van der Waals surface area (Å²) in [6.45, 7) is 4.14. The van der Waals surface area contributed by atoms with Crippen LogP contribution in [0.5, 0.6) is 0 Å².